The van der Waals surface area contributed by atoms with Crippen molar-refractivity contribution in [2.24, 2.45) is 13.0 Å². The third-order valence-electron chi connectivity index (χ3n) is 5.96. The lowest BCUT2D eigenvalue weighted by molar-refractivity contribution is 0.180. The van der Waals surface area contributed by atoms with Gasteiger partial charge in [0.15, 0.2) is 17.5 Å². The molecule has 4 N–H and O–H groups in total. The van der Waals surface area contributed by atoms with E-state index in [1.807, 2.05) is 31.3 Å². The summed E-state index contributed by atoms with van der Waals surface area (Å²) in [7, 11) is 1.83. The lowest BCUT2D eigenvalue weighted by Crippen LogP contribution is -2.50. The van der Waals surface area contributed by atoms with E-state index in [0.717, 1.165) is 36.2 Å². The molecule has 0 aliphatic heterocycles. The first-order chi connectivity index (χ1) is 15.4. The molecular weight excluding hydrogens is 413 g/mol. The third kappa shape index (κ3) is 4.27. The average molecular weight is 437 g/mol. The van der Waals surface area contributed by atoms with E-state index in [0.29, 0.717) is 5.69 Å². The van der Waals surface area contributed by atoms with Crippen molar-refractivity contribution in [1.29, 1.82) is 5.26 Å². The van der Waals surface area contributed by atoms with Gasteiger partial charge >= 0.3 is 6.09 Å². The van der Waals surface area contributed by atoms with Crippen molar-refractivity contribution in [3.8, 4) is 6.07 Å². The zero-order valence-corrected chi connectivity index (χ0v) is 17.8. The minimum atomic E-state index is -1.13. The molecule has 0 saturated heterocycles. The quantitative estimate of drug-likeness (QED) is 0.440. The van der Waals surface area contributed by atoms with Crippen LogP contribution in [0.2, 0.25) is 0 Å². The second-order valence-electron chi connectivity index (χ2n) is 8.09. The first-order valence-electron chi connectivity index (χ1n) is 10.4. The lowest BCUT2D eigenvalue weighted by atomic mass is 9.77. The summed E-state index contributed by atoms with van der Waals surface area (Å²) in [6, 6.07) is 7.93. The first-order valence-corrected chi connectivity index (χ1v) is 10.4. The first kappa shape index (κ1) is 21.4. The summed E-state index contributed by atoms with van der Waals surface area (Å²) in [4.78, 5) is 15.5. The zero-order valence-electron chi connectivity index (χ0n) is 17.8. The Labute approximate surface area is 184 Å². The molecule has 1 aliphatic carbocycles. The summed E-state index contributed by atoms with van der Waals surface area (Å²) in [5, 5.41) is 32.4. The number of aryl methyl sites for hydroxylation is 1. The number of nitrogens with one attached hydrogen (secondary N) is 3. The number of benzene rings is 1. The van der Waals surface area contributed by atoms with Crippen LogP contribution in [0, 0.1) is 23.1 Å². The minimum absolute atomic E-state index is 0.0240. The topological polar surface area (TPSA) is 128 Å². The fourth-order valence-corrected chi connectivity index (χ4v) is 4.02. The molecule has 1 saturated carbocycles. The fraction of sp³-hybridized carbons (Fsp3) is 0.364. The number of hydrogen-bond acceptors (Lipinski definition) is 6. The van der Waals surface area contributed by atoms with E-state index in [4.69, 9.17) is 5.11 Å². The number of amides is 1. The van der Waals surface area contributed by atoms with Crippen LogP contribution in [0.3, 0.4) is 0 Å². The maximum atomic E-state index is 14.8. The largest absolute Gasteiger partial charge is 0.465 e. The predicted octanol–water partition coefficient (Wildman–Crippen LogP) is 3.96. The molecule has 1 amide bonds. The molecule has 1 aromatic carbocycles. The van der Waals surface area contributed by atoms with Crippen LogP contribution in [0.5, 0.6) is 0 Å². The maximum absolute atomic E-state index is 14.8. The van der Waals surface area contributed by atoms with Crippen molar-refractivity contribution in [3.05, 3.63) is 41.8 Å². The molecule has 2 atom stereocenters. The highest BCUT2D eigenvalue weighted by Crippen LogP contribution is 2.34. The summed E-state index contributed by atoms with van der Waals surface area (Å²) in [6.45, 7) is 1.74. The Hall–Kier alpha value is -3.87. The number of rotatable bonds is 7. The molecule has 166 valence electrons. The van der Waals surface area contributed by atoms with Crippen molar-refractivity contribution < 1.29 is 14.3 Å². The van der Waals surface area contributed by atoms with E-state index in [9.17, 15) is 14.4 Å². The highest BCUT2D eigenvalue weighted by molar-refractivity contribution is 5.83. The summed E-state index contributed by atoms with van der Waals surface area (Å²) in [5.41, 5.74) is 1.64. The molecule has 0 bridgehead atoms. The minimum Gasteiger partial charge on any atom is -0.465 e. The lowest BCUT2D eigenvalue weighted by Gasteiger charge is -2.38. The van der Waals surface area contributed by atoms with Gasteiger partial charge in [0.2, 0.25) is 0 Å². The SMILES string of the molecule is C[C@H](NC(=O)O)[C@@H](Nc1nc(Nc2ccc3cnn(C)c3c2)c(C#N)cc1F)C1CCC1. The normalized spacial score (nSPS) is 15.4. The van der Waals surface area contributed by atoms with Gasteiger partial charge in [-0.2, -0.15) is 10.4 Å². The standard InChI is InChI=1S/C22H24FN7O2/c1-12(26-22(31)32)19(13-4-3-5-13)28-21-17(23)8-15(10-24)20(29-21)27-16-7-6-14-11-25-30(2)18(14)9-16/h6-9,11-13,19,26H,3-5H2,1-2H3,(H,31,32)(H2,27,28,29)/t12-,19+/m0/s1. The fourth-order valence-electron chi connectivity index (χ4n) is 4.02. The van der Waals surface area contributed by atoms with E-state index in [1.54, 1.807) is 17.8 Å². The van der Waals surface area contributed by atoms with Crippen molar-refractivity contribution >= 4 is 34.3 Å². The van der Waals surface area contributed by atoms with Crippen molar-refractivity contribution in [1.82, 2.24) is 20.1 Å². The van der Waals surface area contributed by atoms with Gasteiger partial charge in [-0.05, 0) is 49.9 Å². The highest BCUT2D eigenvalue weighted by atomic mass is 19.1. The zero-order chi connectivity index (χ0) is 22.8. The van der Waals surface area contributed by atoms with E-state index < -0.39 is 18.0 Å². The maximum Gasteiger partial charge on any atom is 0.404 e. The molecule has 1 fully saturated rings. The van der Waals surface area contributed by atoms with Gasteiger partial charge in [-0.3, -0.25) is 4.68 Å². The molecule has 0 spiro atoms. The monoisotopic (exact) mass is 437 g/mol. The summed E-state index contributed by atoms with van der Waals surface area (Å²) < 4.78 is 16.5. The second kappa shape index (κ2) is 8.70. The number of carboxylic acid groups (broad SMARTS) is 1. The summed E-state index contributed by atoms with van der Waals surface area (Å²) in [6.07, 6.45) is 3.53. The van der Waals surface area contributed by atoms with Gasteiger partial charge in [-0.1, -0.05) is 6.42 Å². The molecule has 1 aliphatic rings. The number of nitriles is 1. The number of nitrogens with zero attached hydrogens (tertiary/aromatic N) is 4. The number of anilines is 3. The predicted molar refractivity (Wildman–Crippen MR) is 118 cm³/mol. The highest BCUT2D eigenvalue weighted by Gasteiger charge is 2.33. The Morgan fingerprint density at radius 1 is 1.34 bits per heavy atom. The van der Waals surface area contributed by atoms with Crippen LogP contribution in [0.15, 0.2) is 30.5 Å². The number of fused-ring (bicyclic) bond motifs is 1. The number of halogens is 1. The molecule has 32 heavy (non-hydrogen) atoms. The van der Waals surface area contributed by atoms with Gasteiger partial charge in [0.25, 0.3) is 0 Å². The molecule has 9 nitrogen and oxygen atoms in total. The van der Waals surface area contributed by atoms with Gasteiger partial charge in [0.1, 0.15) is 6.07 Å². The van der Waals surface area contributed by atoms with Gasteiger partial charge in [-0.25, -0.2) is 14.2 Å². The van der Waals surface area contributed by atoms with Crippen LogP contribution < -0.4 is 16.0 Å². The Morgan fingerprint density at radius 3 is 2.78 bits per heavy atom. The molecule has 10 heteroatoms. The van der Waals surface area contributed by atoms with Crippen molar-refractivity contribution in [3.63, 3.8) is 0 Å². The Balaban J connectivity index is 1.64. The van der Waals surface area contributed by atoms with Crippen molar-refractivity contribution in [2.75, 3.05) is 10.6 Å². The number of pyridine rings is 1. The van der Waals surface area contributed by atoms with Gasteiger partial charge < -0.3 is 21.1 Å². The molecular formula is C22H24FN7O2. The molecule has 3 aromatic rings. The van der Waals surface area contributed by atoms with Crippen molar-refractivity contribution in [2.45, 2.75) is 38.3 Å². The van der Waals surface area contributed by atoms with E-state index in [2.05, 4.69) is 26.0 Å². The van der Waals surface area contributed by atoms with E-state index >= 15 is 0 Å². The third-order valence-corrected chi connectivity index (χ3v) is 5.96. The Bertz CT molecular complexity index is 1200. The molecule has 2 heterocycles. The summed E-state index contributed by atoms with van der Waals surface area (Å²) in [5.74, 6) is -0.272. The van der Waals surface area contributed by atoms with Crippen LogP contribution in [-0.4, -0.2) is 38.0 Å². The average Bonchev–Trinajstić information content (AvgIpc) is 3.08. The van der Waals surface area contributed by atoms with E-state index in [-0.39, 0.29) is 29.2 Å². The van der Waals surface area contributed by atoms with Crippen LogP contribution in [0.1, 0.15) is 31.7 Å². The molecule has 0 radical (unpaired) electrons. The van der Waals surface area contributed by atoms with Crippen LogP contribution >= 0.6 is 0 Å². The Kier molecular flexibility index (Phi) is 5.81. The summed E-state index contributed by atoms with van der Waals surface area (Å²) >= 11 is 0. The van der Waals surface area contributed by atoms with Crippen LogP contribution in [-0.2, 0) is 7.05 Å². The molecule has 2 aromatic heterocycles. The Morgan fingerprint density at radius 2 is 2.12 bits per heavy atom. The number of hydrogen-bond donors (Lipinski definition) is 4. The van der Waals surface area contributed by atoms with Gasteiger partial charge in [-0.15, -0.1) is 0 Å². The second-order valence-corrected chi connectivity index (χ2v) is 8.09. The number of carbonyl (C=O) groups is 1. The smallest absolute Gasteiger partial charge is 0.404 e. The molecule has 0 unspecified atom stereocenters. The van der Waals surface area contributed by atoms with Crippen LogP contribution in [0.4, 0.5) is 26.5 Å². The van der Waals surface area contributed by atoms with Gasteiger partial charge in [0, 0.05) is 24.2 Å². The van der Waals surface area contributed by atoms with E-state index in [1.165, 1.54) is 0 Å². The van der Waals surface area contributed by atoms with Gasteiger partial charge in [0.05, 0.1) is 23.3 Å². The van der Waals surface area contributed by atoms with Crippen LogP contribution in [0.25, 0.3) is 10.9 Å². The number of aromatic nitrogens is 3. The molecule has 4 rings (SSSR count).